The van der Waals surface area contributed by atoms with Crippen LogP contribution < -0.4 is 10.0 Å². The fourth-order valence-electron chi connectivity index (χ4n) is 2.34. The second-order valence-electron chi connectivity index (χ2n) is 5.63. The van der Waals surface area contributed by atoms with E-state index >= 15 is 0 Å². The van der Waals surface area contributed by atoms with Crippen LogP contribution in [-0.2, 0) is 23.5 Å². The summed E-state index contributed by atoms with van der Waals surface area (Å²) in [5, 5.41) is 11.2. The maximum absolute atomic E-state index is 12.3. The number of H-pyrrole nitrogens is 1. The predicted molar refractivity (Wildman–Crippen MR) is 106 cm³/mol. The second-order valence-corrected chi connectivity index (χ2v) is 8.87. The molecule has 0 saturated heterocycles. The molecule has 0 radical (unpaired) electrons. The van der Waals surface area contributed by atoms with Gasteiger partial charge in [0, 0.05) is 31.3 Å². The van der Waals surface area contributed by atoms with Crippen molar-refractivity contribution in [3.05, 3.63) is 57.9 Å². The highest BCUT2D eigenvalue weighted by molar-refractivity contribution is 7.94. The zero-order chi connectivity index (χ0) is 19.4. The Morgan fingerprint density at radius 1 is 1.33 bits per heavy atom. The Bertz CT molecular complexity index is 1100. The van der Waals surface area contributed by atoms with Gasteiger partial charge >= 0.3 is 0 Å². The minimum Gasteiger partial charge on any atom is -0.352 e. The average Bonchev–Trinajstić information content (AvgIpc) is 3.28. The van der Waals surface area contributed by atoms with Gasteiger partial charge in [0.25, 0.3) is 15.9 Å². The van der Waals surface area contributed by atoms with Crippen LogP contribution in [0.25, 0.3) is 0 Å². The summed E-state index contributed by atoms with van der Waals surface area (Å²) in [6.07, 6.45) is 0.514. The zero-order valence-corrected chi connectivity index (χ0v) is 16.7. The van der Waals surface area contributed by atoms with Gasteiger partial charge in [-0.3, -0.25) is 14.6 Å². The number of nitrogens with zero attached hydrogens (tertiary/aromatic N) is 2. The maximum atomic E-state index is 12.3. The molecule has 2 aromatic heterocycles. The summed E-state index contributed by atoms with van der Waals surface area (Å²) in [5.74, 6) is 0.432. The van der Waals surface area contributed by atoms with Crippen LogP contribution >= 0.6 is 23.6 Å². The first-order chi connectivity index (χ1) is 12.9. The average molecular weight is 424 g/mol. The lowest BCUT2D eigenvalue weighted by atomic mass is 10.2. The summed E-state index contributed by atoms with van der Waals surface area (Å²) < 4.78 is 29.5. The molecule has 0 unspecified atom stereocenters. The number of carbonyl (C=O) groups excluding carboxylic acids is 1. The van der Waals surface area contributed by atoms with Crippen LogP contribution in [0.3, 0.4) is 0 Å². The van der Waals surface area contributed by atoms with Gasteiger partial charge in [-0.05, 0) is 41.9 Å². The molecule has 2 heterocycles. The number of aromatic nitrogens is 3. The molecular weight excluding hydrogens is 406 g/mol. The van der Waals surface area contributed by atoms with Crippen LogP contribution in [-0.4, -0.2) is 35.6 Å². The van der Waals surface area contributed by atoms with Gasteiger partial charge < -0.3 is 9.88 Å². The third kappa shape index (κ3) is 4.62. The number of carbonyl (C=O) groups is 1. The number of anilines is 1. The van der Waals surface area contributed by atoms with Crippen LogP contribution in [0, 0.1) is 4.77 Å². The lowest BCUT2D eigenvalue weighted by Crippen LogP contribution is -2.26. The van der Waals surface area contributed by atoms with E-state index in [9.17, 15) is 13.2 Å². The lowest BCUT2D eigenvalue weighted by molar-refractivity contribution is 0.0954. The normalized spacial score (nSPS) is 11.3. The molecule has 142 valence electrons. The van der Waals surface area contributed by atoms with Gasteiger partial charge in [-0.1, -0.05) is 12.1 Å². The van der Waals surface area contributed by atoms with Crippen molar-refractivity contribution in [3.8, 4) is 0 Å². The van der Waals surface area contributed by atoms with Gasteiger partial charge in [0.05, 0.1) is 0 Å². The molecule has 0 aliphatic rings. The molecule has 11 heteroatoms. The lowest BCUT2D eigenvalue weighted by Gasteiger charge is -2.09. The van der Waals surface area contributed by atoms with Crippen LogP contribution in [0.5, 0.6) is 0 Å². The molecule has 3 aromatic rings. The highest BCUT2D eigenvalue weighted by Gasteiger charge is 2.16. The van der Waals surface area contributed by atoms with Gasteiger partial charge in [0.15, 0.2) is 4.77 Å². The number of benzene rings is 1. The minimum absolute atomic E-state index is 0.213. The molecule has 0 bridgehead atoms. The third-order valence-electron chi connectivity index (χ3n) is 3.74. The fourth-order valence-corrected chi connectivity index (χ4v) is 4.53. The van der Waals surface area contributed by atoms with Crippen LogP contribution in [0.2, 0.25) is 0 Å². The smallest absolute Gasteiger partial charge is 0.271 e. The molecule has 0 aliphatic carbocycles. The van der Waals surface area contributed by atoms with Crippen molar-refractivity contribution < 1.29 is 13.2 Å². The monoisotopic (exact) mass is 423 g/mol. The number of sulfonamides is 1. The van der Waals surface area contributed by atoms with Crippen molar-refractivity contribution in [1.29, 1.82) is 0 Å². The number of thiophene rings is 1. The van der Waals surface area contributed by atoms with Crippen LogP contribution in [0.1, 0.15) is 16.2 Å². The molecule has 1 aromatic carbocycles. The first-order valence-corrected chi connectivity index (χ1v) is 10.7. The van der Waals surface area contributed by atoms with E-state index < -0.39 is 10.0 Å². The Morgan fingerprint density at radius 2 is 2.15 bits per heavy atom. The van der Waals surface area contributed by atoms with Gasteiger partial charge in [0.2, 0.25) is 0 Å². The first kappa shape index (κ1) is 19.3. The van der Waals surface area contributed by atoms with Crippen molar-refractivity contribution in [2.24, 2.45) is 7.05 Å². The van der Waals surface area contributed by atoms with E-state index in [0.717, 1.165) is 17.2 Å². The third-order valence-corrected chi connectivity index (χ3v) is 6.89. The van der Waals surface area contributed by atoms with Gasteiger partial charge in [-0.2, -0.15) is 5.10 Å². The molecular formula is C16H17N5O3S3. The van der Waals surface area contributed by atoms with E-state index in [2.05, 4.69) is 20.2 Å². The molecule has 0 fully saturated rings. The summed E-state index contributed by atoms with van der Waals surface area (Å²) in [7, 11) is -1.86. The molecule has 3 N–H and O–H groups in total. The molecule has 8 nitrogen and oxygen atoms in total. The summed E-state index contributed by atoms with van der Waals surface area (Å²) in [5.41, 5.74) is 0.683. The highest BCUT2D eigenvalue weighted by Crippen LogP contribution is 2.20. The number of aromatic amines is 1. The van der Waals surface area contributed by atoms with Gasteiger partial charge in [-0.25, -0.2) is 8.42 Å². The first-order valence-electron chi connectivity index (χ1n) is 7.92. The Kier molecular flexibility index (Phi) is 5.73. The quantitative estimate of drug-likeness (QED) is 0.505. The maximum Gasteiger partial charge on any atom is 0.271 e. The van der Waals surface area contributed by atoms with Gasteiger partial charge in [-0.15, -0.1) is 11.3 Å². The largest absolute Gasteiger partial charge is 0.352 e. The van der Waals surface area contributed by atoms with Crippen molar-refractivity contribution in [2.45, 2.75) is 10.6 Å². The van der Waals surface area contributed by atoms with E-state index in [1.165, 1.54) is 12.1 Å². The summed E-state index contributed by atoms with van der Waals surface area (Å²) in [6, 6.07) is 9.52. The zero-order valence-electron chi connectivity index (χ0n) is 14.3. The van der Waals surface area contributed by atoms with Crippen molar-refractivity contribution >= 4 is 45.2 Å². The van der Waals surface area contributed by atoms with E-state index in [-0.39, 0.29) is 10.1 Å². The van der Waals surface area contributed by atoms with E-state index in [1.807, 2.05) is 0 Å². The number of amides is 1. The summed E-state index contributed by atoms with van der Waals surface area (Å²) >= 11 is 6.17. The fraction of sp³-hybridized carbons (Fsp3) is 0.188. The van der Waals surface area contributed by atoms with Crippen molar-refractivity contribution in [3.63, 3.8) is 0 Å². The number of rotatable bonds is 7. The highest BCUT2D eigenvalue weighted by atomic mass is 32.2. The second kappa shape index (κ2) is 8.03. The standard InChI is InChI=1S/C16H17N5O3S3/c1-21-13(18-19-16(21)25)7-8-17-15(22)11-4-2-5-12(10-11)20-27(23,24)14-6-3-9-26-14/h2-6,9-10,20H,7-8H2,1H3,(H,17,22)(H,19,25). The number of hydrogen-bond acceptors (Lipinski definition) is 6. The van der Waals surface area contributed by atoms with E-state index in [0.29, 0.717) is 29.0 Å². The summed E-state index contributed by atoms with van der Waals surface area (Å²) in [4.78, 5) is 12.3. The van der Waals surface area contributed by atoms with Crippen molar-refractivity contribution in [1.82, 2.24) is 20.1 Å². The minimum atomic E-state index is -3.66. The van der Waals surface area contributed by atoms with E-state index in [4.69, 9.17) is 12.2 Å². The molecule has 3 rings (SSSR count). The molecule has 0 atom stereocenters. The molecule has 0 spiro atoms. The van der Waals surface area contributed by atoms with Crippen LogP contribution in [0.15, 0.2) is 46.0 Å². The Labute approximate surface area is 165 Å². The van der Waals surface area contributed by atoms with Crippen molar-refractivity contribution in [2.75, 3.05) is 11.3 Å². The number of hydrogen-bond donors (Lipinski definition) is 3. The summed E-state index contributed by atoms with van der Waals surface area (Å²) in [6.45, 7) is 0.372. The van der Waals surface area contributed by atoms with Crippen LogP contribution in [0.4, 0.5) is 5.69 Å². The predicted octanol–water partition coefficient (Wildman–Crippen LogP) is 2.31. The molecule has 1 amide bonds. The SMILES string of the molecule is Cn1c(CCNC(=O)c2cccc(NS(=O)(=O)c3cccs3)c2)n[nH]c1=S. The number of nitrogens with one attached hydrogen (secondary N) is 3. The Morgan fingerprint density at radius 3 is 2.81 bits per heavy atom. The Balaban J connectivity index is 1.63. The molecule has 0 aliphatic heterocycles. The van der Waals surface area contributed by atoms with E-state index in [1.54, 1.807) is 41.3 Å². The molecule has 27 heavy (non-hydrogen) atoms. The topological polar surface area (TPSA) is 109 Å². The Hall–Kier alpha value is -2.50. The van der Waals surface area contributed by atoms with Gasteiger partial charge in [0.1, 0.15) is 10.0 Å². The molecule has 0 saturated carbocycles.